The molecule has 0 aromatic carbocycles. The highest BCUT2D eigenvalue weighted by Gasteiger charge is 2.25. The van der Waals surface area contributed by atoms with E-state index >= 15 is 0 Å². The molecule has 16 nitrogen and oxygen atoms in total. The highest BCUT2D eigenvalue weighted by molar-refractivity contribution is 5.91. The lowest BCUT2D eigenvalue weighted by Crippen LogP contribution is -2.52. The minimum atomic E-state index is -1.27. The molecular weight excluding hydrogens is 492 g/mol. The summed E-state index contributed by atoms with van der Waals surface area (Å²) < 4.78 is 0. The molecule has 0 fully saturated rings. The van der Waals surface area contributed by atoms with Gasteiger partial charge < -0.3 is 48.9 Å². The summed E-state index contributed by atoms with van der Waals surface area (Å²) in [6.45, 7) is 2.42. The van der Waals surface area contributed by atoms with E-state index in [0.717, 1.165) is 0 Å². The van der Waals surface area contributed by atoms with Crippen molar-refractivity contribution in [2.24, 2.45) is 17.2 Å². The number of carbonyl (C=O) groups excluding carboxylic acids is 6. The first-order valence-electron chi connectivity index (χ1n) is 11.7. The van der Waals surface area contributed by atoms with Gasteiger partial charge in [0.25, 0.3) is 0 Å². The molecule has 0 radical (unpaired) electrons. The number of rotatable bonds is 18. The molecule has 0 heterocycles. The monoisotopic (exact) mass is 530 g/mol. The number of primary amides is 1. The van der Waals surface area contributed by atoms with Crippen molar-refractivity contribution >= 4 is 41.4 Å². The van der Waals surface area contributed by atoms with Crippen LogP contribution in [-0.2, 0) is 33.6 Å². The third kappa shape index (κ3) is 15.0. The van der Waals surface area contributed by atoms with Gasteiger partial charge in [-0.05, 0) is 39.5 Å². The first kappa shape index (κ1) is 33.2. The van der Waals surface area contributed by atoms with Gasteiger partial charge in [-0.1, -0.05) is 0 Å². The molecule has 0 spiro atoms. The van der Waals surface area contributed by atoms with Gasteiger partial charge in [0.1, 0.15) is 18.1 Å². The molecule has 0 aliphatic heterocycles. The lowest BCUT2D eigenvalue weighted by molar-refractivity contribution is -0.141. The van der Waals surface area contributed by atoms with Crippen LogP contribution >= 0.6 is 0 Å². The topological polar surface area (TPSA) is 278 Å². The number of nitrogens with two attached hydrogens (primary N) is 3. The standard InChI is InChI=1S/C21H38N8O8/c1-11(23)19(34)29-13(18(24)33)6-7-15(30)28-14(20(35)27-12(2)21(36)37)5-3-4-8-25-17(32)10-26-16(31)9-22/h11-14H,3-10,22-23H2,1-2H3,(H2,24,33)(H,25,32)(H,26,31)(H,27,35)(H,28,30)(H,29,34)(H,36,37). The quantitative estimate of drug-likeness (QED) is 0.0766. The third-order valence-corrected chi connectivity index (χ3v) is 4.99. The Labute approximate surface area is 214 Å². The summed E-state index contributed by atoms with van der Waals surface area (Å²) in [5.74, 6) is -5.03. The molecule has 0 aromatic rings. The number of carbonyl (C=O) groups is 7. The van der Waals surface area contributed by atoms with Crippen molar-refractivity contribution in [3.63, 3.8) is 0 Å². The van der Waals surface area contributed by atoms with E-state index in [-0.39, 0.29) is 38.9 Å². The summed E-state index contributed by atoms with van der Waals surface area (Å²) in [5.41, 5.74) is 15.8. The predicted molar refractivity (Wildman–Crippen MR) is 130 cm³/mol. The molecule has 12 N–H and O–H groups in total. The summed E-state index contributed by atoms with van der Waals surface area (Å²) in [7, 11) is 0. The molecule has 0 bridgehead atoms. The van der Waals surface area contributed by atoms with Crippen molar-refractivity contribution < 1.29 is 38.7 Å². The smallest absolute Gasteiger partial charge is 0.325 e. The highest BCUT2D eigenvalue weighted by Crippen LogP contribution is 2.05. The molecule has 0 saturated heterocycles. The summed E-state index contributed by atoms with van der Waals surface area (Å²) in [5, 5.41) is 21.0. The van der Waals surface area contributed by atoms with Crippen LogP contribution in [0.3, 0.4) is 0 Å². The Morgan fingerprint density at radius 2 is 1.43 bits per heavy atom. The van der Waals surface area contributed by atoms with E-state index in [1.807, 2.05) is 0 Å². The van der Waals surface area contributed by atoms with Gasteiger partial charge in [0.05, 0.1) is 19.1 Å². The van der Waals surface area contributed by atoms with Crippen molar-refractivity contribution in [2.45, 2.75) is 70.1 Å². The van der Waals surface area contributed by atoms with Crippen molar-refractivity contribution in [3.8, 4) is 0 Å². The van der Waals surface area contributed by atoms with E-state index < -0.39 is 65.6 Å². The number of aliphatic carboxylic acids is 1. The van der Waals surface area contributed by atoms with Gasteiger partial charge >= 0.3 is 5.97 Å². The second-order valence-corrected chi connectivity index (χ2v) is 8.31. The molecule has 16 heteroatoms. The molecule has 4 unspecified atom stereocenters. The molecule has 4 atom stereocenters. The first-order chi connectivity index (χ1) is 17.3. The number of amides is 6. The van der Waals surface area contributed by atoms with Crippen molar-refractivity contribution in [1.82, 2.24) is 26.6 Å². The maximum absolute atomic E-state index is 12.6. The Morgan fingerprint density at radius 3 is 1.97 bits per heavy atom. The fourth-order valence-electron chi connectivity index (χ4n) is 2.79. The zero-order valence-corrected chi connectivity index (χ0v) is 21.0. The minimum Gasteiger partial charge on any atom is -0.480 e. The van der Waals surface area contributed by atoms with Crippen LogP contribution < -0.4 is 43.8 Å². The average molecular weight is 531 g/mol. The lowest BCUT2D eigenvalue weighted by atomic mass is 10.1. The SMILES string of the molecule is CC(N)C(=O)NC(CCC(=O)NC(CCCCNC(=O)CNC(=O)CN)C(=O)NC(C)C(=O)O)C(N)=O. The van der Waals surface area contributed by atoms with E-state index in [4.69, 9.17) is 22.3 Å². The van der Waals surface area contributed by atoms with Crippen LogP contribution in [-0.4, -0.2) is 90.3 Å². The molecule has 0 saturated carbocycles. The second-order valence-electron chi connectivity index (χ2n) is 8.31. The molecule has 0 aromatic heterocycles. The average Bonchev–Trinajstić information content (AvgIpc) is 2.83. The number of hydrogen-bond donors (Lipinski definition) is 9. The number of carboxylic acids is 1. The fourth-order valence-corrected chi connectivity index (χ4v) is 2.79. The number of unbranched alkanes of at least 4 members (excludes halogenated alkanes) is 1. The Bertz CT molecular complexity index is 835. The highest BCUT2D eigenvalue weighted by atomic mass is 16.4. The third-order valence-electron chi connectivity index (χ3n) is 4.99. The number of nitrogens with one attached hydrogen (secondary N) is 5. The van der Waals surface area contributed by atoms with Gasteiger partial charge in [0, 0.05) is 13.0 Å². The van der Waals surface area contributed by atoms with Gasteiger partial charge in [-0.2, -0.15) is 0 Å². The molecule has 0 rings (SSSR count). The Morgan fingerprint density at radius 1 is 0.784 bits per heavy atom. The van der Waals surface area contributed by atoms with Gasteiger partial charge in [-0.15, -0.1) is 0 Å². The summed E-state index contributed by atoms with van der Waals surface area (Å²) in [4.78, 5) is 82.1. The molecule has 0 aliphatic carbocycles. The molecule has 37 heavy (non-hydrogen) atoms. The lowest BCUT2D eigenvalue weighted by Gasteiger charge is -2.21. The zero-order valence-electron chi connectivity index (χ0n) is 21.0. The normalized spacial score (nSPS) is 13.7. The molecule has 210 valence electrons. The van der Waals surface area contributed by atoms with Gasteiger partial charge in [-0.25, -0.2) is 0 Å². The van der Waals surface area contributed by atoms with Crippen molar-refractivity contribution in [2.75, 3.05) is 19.6 Å². The number of hydrogen-bond acceptors (Lipinski definition) is 9. The van der Waals surface area contributed by atoms with Crippen LogP contribution in [0.4, 0.5) is 0 Å². The summed E-state index contributed by atoms with van der Waals surface area (Å²) in [6, 6.07) is -4.35. The van der Waals surface area contributed by atoms with E-state index in [1.54, 1.807) is 0 Å². The van der Waals surface area contributed by atoms with E-state index in [0.29, 0.717) is 12.8 Å². The molecule has 0 aliphatic rings. The predicted octanol–water partition coefficient (Wildman–Crippen LogP) is -4.48. The molecular formula is C21H38N8O8. The maximum Gasteiger partial charge on any atom is 0.325 e. The van der Waals surface area contributed by atoms with Crippen molar-refractivity contribution in [3.05, 3.63) is 0 Å². The second kappa shape index (κ2) is 17.6. The fraction of sp³-hybridized carbons (Fsp3) is 0.667. The van der Waals surface area contributed by atoms with Crippen molar-refractivity contribution in [1.29, 1.82) is 0 Å². The summed E-state index contributed by atoms with van der Waals surface area (Å²) in [6.07, 6.45) is 0.480. The van der Waals surface area contributed by atoms with E-state index in [2.05, 4.69) is 26.6 Å². The van der Waals surface area contributed by atoms with E-state index in [9.17, 15) is 33.6 Å². The first-order valence-corrected chi connectivity index (χ1v) is 11.7. The minimum absolute atomic E-state index is 0.115. The van der Waals surface area contributed by atoms with Gasteiger partial charge in [0.2, 0.25) is 35.4 Å². The van der Waals surface area contributed by atoms with Crippen LogP contribution in [0.2, 0.25) is 0 Å². The zero-order chi connectivity index (χ0) is 28.5. The maximum atomic E-state index is 12.6. The molecule has 6 amide bonds. The van der Waals surface area contributed by atoms with Crippen LogP contribution in [0.1, 0.15) is 46.0 Å². The van der Waals surface area contributed by atoms with Crippen LogP contribution in [0.25, 0.3) is 0 Å². The van der Waals surface area contributed by atoms with Crippen LogP contribution in [0.5, 0.6) is 0 Å². The van der Waals surface area contributed by atoms with E-state index in [1.165, 1.54) is 13.8 Å². The largest absolute Gasteiger partial charge is 0.480 e. The summed E-state index contributed by atoms with van der Waals surface area (Å²) >= 11 is 0. The Balaban J connectivity index is 4.89. The van der Waals surface area contributed by atoms with Gasteiger partial charge in [-0.3, -0.25) is 33.6 Å². The van der Waals surface area contributed by atoms with Gasteiger partial charge in [0.15, 0.2) is 0 Å². The number of carboxylic acid groups (broad SMARTS) is 1. The van der Waals surface area contributed by atoms with Crippen LogP contribution in [0.15, 0.2) is 0 Å². The van der Waals surface area contributed by atoms with Crippen LogP contribution in [0, 0.1) is 0 Å². The Hall–Kier alpha value is -3.79. The Kier molecular flexibility index (Phi) is 15.8.